The topological polar surface area (TPSA) is 102 Å². The second-order valence-electron chi connectivity index (χ2n) is 6.06. The summed E-state index contributed by atoms with van der Waals surface area (Å²) in [6.07, 6.45) is 1.35. The number of non-ortho nitro benzene ring substituents is 1. The van der Waals surface area contributed by atoms with Gasteiger partial charge in [0.15, 0.2) is 5.58 Å². The Morgan fingerprint density at radius 1 is 1.17 bits per heavy atom. The number of phenolic OH excluding ortho intramolecular Hbond substituents is 1. The molecule has 0 atom stereocenters. The molecule has 0 bridgehead atoms. The number of nitro benzene ring substituents is 1. The van der Waals surface area contributed by atoms with E-state index >= 15 is 0 Å². The van der Waals surface area contributed by atoms with Crippen molar-refractivity contribution >= 4 is 56.2 Å². The van der Waals surface area contributed by atoms with Crippen LogP contribution in [0.3, 0.4) is 0 Å². The third kappa shape index (κ3) is 3.98. The fraction of sp³-hybridized carbons (Fsp3) is 0. The summed E-state index contributed by atoms with van der Waals surface area (Å²) in [5, 5.41) is 21.7. The van der Waals surface area contributed by atoms with Gasteiger partial charge in [0, 0.05) is 40.6 Å². The highest BCUT2D eigenvalue weighted by Gasteiger charge is 2.14. The number of fused-ring (bicyclic) bond motifs is 1. The van der Waals surface area contributed by atoms with E-state index in [1.807, 2.05) is 12.1 Å². The third-order valence-corrected chi connectivity index (χ3v) is 4.96. The molecule has 29 heavy (non-hydrogen) atoms. The predicted molar refractivity (Wildman–Crippen MR) is 114 cm³/mol. The van der Waals surface area contributed by atoms with Crippen molar-refractivity contribution in [3.05, 3.63) is 79.8 Å². The molecule has 7 nitrogen and oxygen atoms in total. The lowest BCUT2D eigenvalue weighted by Crippen LogP contribution is -1.91. The predicted octanol–water partition coefficient (Wildman–Crippen LogP) is 6.28. The number of halogens is 2. The lowest BCUT2D eigenvalue weighted by Gasteiger charge is -2.02. The van der Waals surface area contributed by atoms with Gasteiger partial charge in [0.2, 0.25) is 5.89 Å². The average molecular weight is 473 g/mol. The van der Waals surface area contributed by atoms with Gasteiger partial charge < -0.3 is 9.52 Å². The zero-order chi connectivity index (χ0) is 20.5. The minimum absolute atomic E-state index is 0.134. The first-order chi connectivity index (χ1) is 13.9. The molecule has 0 saturated carbocycles. The lowest BCUT2D eigenvalue weighted by atomic mass is 10.2. The Balaban J connectivity index is 1.67. The minimum atomic E-state index is -0.541. The van der Waals surface area contributed by atoms with Crippen molar-refractivity contribution in [3.8, 4) is 17.2 Å². The molecule has 0 aliphatic heterocycles. The van der Waals surface area contributed by atoms with Crippen LogP contribution in [0.25, 0.3) is 22.6 Å². The maximum Gasteiger partial charge on any atom is 0.271 e. The van der Waals surface area contributed by atoms with Crippen LogP contribution >= 0.6 is 27.5 Å². The fourth-order valence-corrected chi connectivity index (χ4v) is 3.25. The summed E-state index contributed by atoms with van der Waals surface area (Å²) in [6, 6.07) is 14.8. The van der Waals surface area contributed by atoms with Gasteiger partial charge in [-0.05, 0) is 52.3 Å². The van der Waals surface area contributed by atoms with Crippen LogP contribution < -0.4 is 0 Å². The van der Waals surface area contributed by atoms with Crippen LogP contribution in [0, 0.1) is 10.1 Å². The SMILES string of the molecule is O=[N+]([O-])c1cc(Br)c(O)c(C=Nc2ccc3nc(-c4ccc(Cl)cc4)oc3c2)c1. The van der Waals surface area contributed by atoms with Gasteiger partial charge >= 0.3 is 0 Å². The number of aromatic hydroxyl groups is 1. The van der Waals surface area contributed by atoms with E-state index in [0.717, 1.165) is 5.56 Å². The van der Waals surface area contributed by atoms with E-state index in [1.54, 1.807) is 30.3 Å². The highest BCUT2D eigenvalue weighted by Crippen LogP contribution is 2.32. The van der Waals surface area contributed by atoms with E-state index in [9.17, 15) is 15.2 Å². The Bertz CT molecular complexity index is 1270. The molecule has 0 amide bonds. The fourth-order valence-electron chi connectivity index (χ4n) is 2.66. The number of hydrogen-bond acceptors (Lipinski definition) is 6. The first-order valence-electron chi connectivity index (χ1n) is 8.28. The van der Waals surface area contributed by atoms with E-state index in [1.165, 1.54) is 18.3 Å². The van der Waals surface area contributed by atoms with Crippen LogP contribution in [0.15, 0.2) is 68.5 Å². The molecule has 1 N–H and O–H groups in total. The normalized spacial score (nSPS) is 11.4. The van der Waals surface area contributed by atoms with Gasteiger partial charge in [0.25, 0.3) is 5.69 Å². The number of benzene rings is 3. The van der Waals surface area contributed by atoms with Gasteiger partial charge in [-0.2, -0.15) is 0 Å². The number of aromatic nitrogens is 1. The van der Waals surface area contributed by atoms with Gasteiger partial charge in [0.05, 0.1) is 15.1 Å². The molecule has 0 saturated heterocycles. The van der Waals surface area contributed by atoms with Gasteiger partial charge in [-0.3, -0.25) is 15.1 Å². The molecule has 0 fully saturated rings. The zero-order valence-electron chi connectivity index (χ0n) is 14.5. The summed E-state index contributed by atoms with van der Waals surface area (Å²) in [7, 11) is 0. The van der Waals surface area contributed by atoms with Gasteiger partial charge in [-0.25, -0.2) is 4.98 Å². The molecular weight excluding hydrogens is 462 g/mol. The van der Waals surface area contributed by atoms with E-state index in [-0.39, 0.29) is 21.5 Å². The van der Waals surface area contributed by atoms with Crippen LogP contribution in [0.4, 0.5) is 11.4 Å². The monoisotopic (exact) mass is 471 g/mol. The maximum atomic E-state index is 11.0. The maximum absolute atomic E-state index is 11.0. The molecule has 1 aromatic heterocycles. The first-order valence-corrected chi connectivity index (χ1v) is 9.45. The van der Waals surface area contributed by atoms with Crippen molar-refractivity contribution in [1.82, 2.24) is 4.98 Å². The van der Waals surface area contributed by atoms with Gasteiger partial charge in [-0.15, -0.1) is 0 Å². The Labute approximate surface area is 177 Å². The molecule has 0 radical (unpaired) electrons. The van der Waals surface area contributed by atoms with Crippen molar-refractivity contribution < 1.29 is 14.4 Å². The first kappa shape index (κ1) is 19.1. The van der Waals surface area contributed by atoms with Crippen LogP contribution in [0.1, 0.15) is 5.56 Å². The van der Waals surface area contributed by atoms with E-state index in [4.69, 9.17) is 16.0 Å². The number of nitrogens with zero attached hydrogens (tertiary/aromatic N) is 3. The Hall–Kier alpha value is -3.23. The molecule has 9 heteroatoms. The number of hydrogen-bond donors (Lipinski definition) is 1. The molecule has 4 rings (SSSR count). The largest absolute Gasteiger partial charge is 0.506 e. The van der Waals surface area contributed by atoms with Crippen molar-refractivity contribution in [1.29, 1.82) is 0 Å². The summed E-state index contributed by atoms with van der Waals surface area (Å²) >= 11 is 9.01. The zero-order valence-corrected chi connectivity index (χ0v) is 16.9. The standard InChI is InChI=1S/C20H11BrClN3O4/c21-16-9-15(25(27)28)7-12(19(16)26)10-23-14-5-6-17-18(8-14)29-20(24-17)11-1-3-13(22)4-2-11/h1-10,26H. The highest BCUT2D eigenvalue weighted by molar-refractivity contribution is 9.10. The highest BCUT2D eigenvalue weighted by atomic mass is 79.9. The Morgan fingerprint density at radius 2 is 1.93 bits per heavy atom. The quantitative estimate of drug-likeness (QED) is 0.214. The number of rotatable bonds is 4. The van der Waals surface area contributed by atoms with Crippen LogP contribution in [0.2, 0.25) is 5.02 Å². The molecule has 144 valence electrons. The molecule has 3 aromatic carbocycles. The van der Waals surface area contributed by atoms with E-state index < -0.39 is 4.92 Å². The Kier molecular flexibility index (Phi) is 5.04. The van der Waals surface area contributed by atoms with E-state index in [2.05, 4.69) is 25.9 Å². The number of oxazole rings is 1. The number of aliphatic imine (C=N–C) groups is 1. The molecule has 0 unspecified atom stereocenters. The van der Waals surface area contributed by atoms with Crippen molar-refractivity contribution in [2.24, 2.45) is 4.99 Å². The molecular formula is C20H11BrClN3O4. The molecule has 0 spiro atoms. The van der Waals surface area contributed by atoms with Crippen LogP contribution in [-0.4, -0.2) is 21.2 Å². The average Bonchev–Trinajstić information content (AvgIpc) is 3.12. The third-order valence-electron chi connectivity index (χ3n) is 4.10. The van der Waals surface area contributed by atoms with Crippen LogP contribution in [-0.2, 0) is 0 Å². The van der Waals surface area contributed by atoms with Crippen molar-refractivity contribution in [2.75, 3.05) is 0 Å². The summed E-state index contributed by atoms with van der Waals surface area (Å²) in [5.74, 6) is 0.322. The number of nitro groups is 1. The molecule has 0 aliphatic rings. The second-order valence-corrected chi connectivity index (χ2v) is 7.35. The molecule has 4 aromatic rings. The lowest BCUT2D eigenvalue weighted by molar-refractivity contribution is -0.385. The molecule has 1 heterocycles. The second kappa shape index (κ2) is 7.65. The summed E-state index contributed by atoms with van der Waals surface area (Å²) in [4.78, 5) is 19.2. The summed E-state index contributed by atoms with van der Waals surface area (Å²) in [5.41, 5.74) is 2.59. The molecule has 0 aliphatic carbocycles. The summed E-state index contributed by atoms with van der Waals surface area (Å²) in [6.45, 7) is 0. The Morgan fingerprint density at radius 3 is 2.66 bits per heavy atom. The minimum Gasteiger partial charge on any atom is -0.506 e. The van der Waals surface area contributed by atoms with Crippen molar-refractivity contribution in [2.45, 2.75) is 0 Å². The smallest absolute Gasteiger partial charge is 0.271 e. The van der Waals surface area contributed by atoms with Crippen LogP contribution in [0.5, 0.6) is 5.75 Å². The number of phenols is 1. The van der Waals surface area contributed by atoms with Gasteiger partial charge in [0.1, 0.15) is 11.3 Å². The summed E-state index contributed by atoms with van der Waals surface area (Å²) < 4.78 is 6.02. The van der Waals surface area contributed by atoms with Crippen molar-refractivity contribution in [3.63, 3.8) is 0 Å². The van der Waals surface area contributed by atoms with Gasteiger partial charge in [-0.1, -0.05) is 11.6 Å². The van der Waals surface area contributed by atoms with E-state index in [0.29, 0.717) is 27.7 Å².